The maximum absolute atomic E-state index is 12.0. The first-order chi connectivity index (χ1) is 7.06. The lowest BCUT2D eigenvalue weighted by Crippen LogP contribution is -2.49. The van der Waals surface area contributed by atoms with Crippen molar-refractivity contribution in [2.24, 2.45) is 11.8 Å². The normalized spacial score (nSPS) is 20.1. The number of likely N-dealkylation sites (N-methyl/N-ethyl adjacent to an activating group) is 1. The van der Waals surface area contributed by atoms with E-state index in [4.69, 9.17) is 5.26 Å². The average Bonchev–Trinajstić information content (AvgIpc) is 2.19. The van der Waals surface area contributed by atoms with Gasteiger partial charge >= 0.3 is 0 Å². The first-order valence-corrected chi connectivity index (χ1v) is 5.43. The molecule has 1 atom stereocenters. The number of rotatable bonds is 2. The van der Waals surface area contributed by atoms with E-state index in [1.54, 1.807) is 0 Å². The Bertz CT molecular complexity index is 261. The zero-order valence-corrected chi connectivity index (χ0v) is 9.73. The number of hydrogen-bond acceptors (Lipinski definition) is 3. The summed E-state index contributed by atoms with van der Waals surface area (Å²) in [5, 5.41) is 8.94. The van der Waals surface area contributed by atoms with E-state index < -0.39 is 5.92 Å². The van der Waals surface area contributed by atoms with Crippen LogP contribution in [0.3, 0.4) is 0 Å². The second kappa shape index (κ2) is 5.13. The Kier molecular flexibility index (Phi) is 4.10. The highest BCUT2D eigenvalue weighted by Crippen LogP contribution is 2.14. The lowest BCUT2D eigenvalue weighted by Gasteiger charge is -2.34. The van der Waals surface area contributed by atoms with E-state index in [1.165, 1.54) is 0 Å². The van der Waals surface area contributed by atoms with Crippen LogP contribution in [-0.4, -0.2) is 48.9 Å². The molecule has 4 heteroatoms. The summed E-state index contributed by atoms with van der Waals surface area (Å²) < 4.78 is 0. The van der Waals surface area contributed by atoms with E-state index in [0.717, 1.165) is 26.2 Å². The summed E-state index contributed by atoms with van der Waals surface area (Å²) in [4.78, 5) is 16.0. The third-order valence-electron chi connectivity index (χ3n) is 2.89. The van der Waals surface area contributed by atoms with E-state index in [9.17, 15) is 4.79 Å². The van der Waals surface area contributed by atoms with Gasteiger partial charge < -0.3 is 9.80 Å². The maximum Gasteiger partial charge on any atom is 0.240 e. The Hall–Kier alpha value is -1.08. The Labute approximate surface area is 91.5 Å². The number of amides is 1. The fraction of sp³-hybridized carbons (Fsp3) is 0.818. The summed E-state index contributed by atoms with van der Waals surface area (Å²) in [6.45, 7) is 7.15. The molecule has 1 aliphatic heterocycles. The topological polar surface area (TPSA) is 47.3 Å². The highest BCUT2D eigenvalue weighted by atomic mass is 16.2. The average molecular weight is 209 g/mol. The third-order valence-corrected chi connectivity index (χ3v) is 2.89. The molecular weight excluding hydrogens is 190 g/mol. The SMILES string of the molecule is CC(C)C(C#N)C(=O)N1CCN(C)CC1. The lowest BCUT2D eigenvalue weighted by atomic mass is 9.96. The van der Waals surface area contributed by atoms with Crippen molar-refractivity contribution in [1.29, 1.82) is 5.26 Å². The molecule has 15 heavy (non-hydrogen) atoms. The monoisotopic (exact) mass is 209 g/mol. The summed E-state index contributed by atoms with van der Waals surface area (Å²) in [7, 11) is 2.05. The Morgan fingerprint density at radius 1 is 1.27 bits per heavy atom. The van der Waals surface area contributed by atoms with E-state index in [0.29, 0.717) is 0 Å². The van der Waals surface area contributed by atoms with Gasteiger partial charge in [-0.25, -0.2) is 0 Å². The van der Waals surface area contributed by atoms with Gasteiger partial charge in [-0.15, -0.1) is 0 Å². The highest BCUT2D eigenvalue weighted by molar-refractivity contribution is 5.81. The van der Waals surface area contributed by atoms with Crippen molar-refractivity contribution in [1.82, 2.24) is 9.80 Å². The minimum absolute atomic E-state index is 0.000556. The minimum Gasteiger partial charge on any atom is -0.339 e. The number of nitriles is 1. The van der Waals surface area contributed by atoms with Gasteiger partial charge in [0.15, 0.2) is 0 Å². The molecule has 0 aromatic carbocycles. The van der Waals surface area contributed by atoms with Crippen LogP contribution in [0.2, 0.25) is 0 Å². The first-order valence-electron chi connectivity index (χ1n) is 5.43. The van der Waals surface area contributed by atoms with Crippen LogP contribution in [0.15, 0.2) is 0 Å². The molecule has 1 unspecified atom stereocenters. The smallest absolute Gasteiger partial charge is 0.240 e. The zero-order valence-electron chi connectivity index (χ0n) is 9.73. The molecule has 1 amide bonds. The Balaban J connectivity index is 2.57. The molecule has 1 heterocycles. The quantitative estimate of drug-likeness (QED) is 0.667. The van der Waals surface area contributed by atoms with Gasteiger partial charge in [0.1, 0.15) is 5.92 Å². The van der Waals surface area contributed by atoms with Crippen molar-refractivity contribution in [3.05, 3.63) is 0 Å². The maximum atomic E-state index is 12.0. The van der Waals surface area contributed by atoms with Crippen LogP contribution in [0.25, 0.3) is 0 Å². The van der Waals surface area contributed by atoms with Crippen molar-refractivity contribution >= 4 is 5.91 Å². The van der Waals surface area contributed by atoms with Gasteiger partial charge in [-0.2, -0.15) is 5.26 Å². The fourth-order valence-corrected chi connectivity index (χ4v) is 1.71. The van der Waals surface area contributed by atoms with Gasteiger partial charge in [0.25, 0.3) is 0 Å². The molecule has 1 fully saturated rings. The predicted octanol–water partition coefficient (Wildman–Crippen LogP) is 0.556. The van der Waals surface area contributed by atoms with Crippen LogP contribution in [0.1, 0.15) is 13.8 Å². The van der Waals surface area contributed by atoms with E-state index in [2.05, 4.69) is 11.0 Å². The first kappa shape index (κ1) is 12.0. The molecule has 0 N–H and O–H groups in total. The van der Waals surface area contributed by atoms with Gasteiger partial charge in [0.2, 0.25) is 5.91 Å². The van der Waals surface area contributed by atoms with Gasteiger partial charge in [-0.1, -0.05) is 13.8 Å². The molecule has 0 saturated carbocycles. The van der Waals surface area contributed by atoms with Crippen LogP contribution in [0.5, 0.6) is 0 Å². The summed E-state index contributed by atoms with van der Waals surface area (Å²) in [6.07, 6.45) is 0. The zero-order chi connectivity index (χ0) is 11.4. The minimum atomic E-state index is -0.478. The molecule has 0 bridgehead atoms. The van der Waals surface area contributed by atoms with Gasteiger partial charge in [0, 0.05) is 26.2 Å². The van der Waals surface area contributed by atoms with Crippen LogP contribution in [-0.2, 0) is 4.79 Å². The molecule has 0 radical (unpaired) electrons. The molecule has 1 aliphatic rings. The number of hydrogen-bond donors (Lipinski definition) is 0. The summed E-state index contributed by atoms with van der Waals surface area (Å²) >= 11 is 0. The van der Waals surface area contributed by atoms with Crippen molar-refractivity contribution in [2.75, 3.05) is 33.2 Å². The van der Waals surface area contributed by atoms with Gasteiger partial charge in [-0.05, 0) is 13.0 Å². The number of piperazine rings is 1. The third kappa shape index (κ3) is 2.93. The predicted molar refractivity (Wildman–Crippen MR) is 58.0 cm³/mol. The largest absolute Gasteiger partial charge is 0.339 e. The second-order valence-corrected chi connectivity index (χ2v) is 4.48. The van der Waals surface area contributed by atoms with E-state index in [-0.39, 0.29) is 11.8 Å². The fourth-order valence-electron chi connectivity index (χ4n) is 1.71. The van der Waals surface area contributed by atoms with Crippen molar-refractivity contribution in [2.45, 2.75) is 13.8 Å². The standard InChI is InChI=1S/C11H19N3O/c1-9(2)10(8-12)11(15)14-6-4-13(3)5-7-14/h9-10H,4-7H2,1-3H3. The Morgan fingerprint density at radius 3 is 2.20 bits per heavy atom. The molecule has 1 saturated heterocycles. The highest BCUT2D eigenvalue weighted by Gasteiger charge is 2.28. The summed E-state index contributed by atoms with van der Waals surface area (Å²) in [6, 6.07) is 2.10. The number of nitrogens with zero attached hydrogens (tertiary/aromatic N) is 3. The summed E-state index contributed by atoms with van der Waals surface area (Å²) in [5.74, 6) is -0.379. The molecule has 0 aliphatic carbocycles. The van der Waals surface area contributed by atoms with Crippen LogP contribution >= 0.6 is 0 Å². The molecule has 1 rings (SSSR count). The lowest BCUT2D eigenvalue weighted by molar-refractivity contribution is -0.136. The van der Waals surface area contributed by atoms with E-state index in [1.807, 2.05) is 25.8 Å². The summed E-state index contributed by atoms with van der Waals surface area (Å²) in [5.41, 5.74) is 0. The van der Waals surface area contributed by atoms with Crippen LogP contribution in [0, 0.1) is 23.2 Å². The second-order valence-electron chi connectivity index (χ2n) is 4.48. The van der Waals surface area contributed by atoms with Crippen LogP contribution < -0.4 is 0 Å². The van der Waals surface area contributed by atoms with Crippen molar-refractivity contribution in [3.63, 3.8) is 0 Å². The molecule has 4 nitrogen and oxygen atoms in total. The van der Waals surface area contributed by atoms with Crippen molar-refractivity contribution < 1.29 is 4.79 Å². The Morgan fingerprint density at radius 2 is 1.80 bits per heavy atom. The molecule has 0 aromatic heterocycles. The van der Waals surface area contributed by atoms with Gasteiger partial charge in [0.05, 0.1) is 6.07 Å². The van der Waals surface area contributed by atoms with E-state index >= 15 is 0 Å². The molecule has 84 valence electrons. The number of carbonyl (C=O) groups is 1. The van der Waals surface area contributed by atoms with Crippen LogP contribution in [0.4, 0.5) is 0 Å². The molecule has 0 spiro atoms. The molecule has 0 aromatic rings. The number of carbonyl (C=O) groups excluding carboxylic acids is 1. The van der Waals surface area contributed by atoms with Crippen molar-refractivity contribution in [3.8, 4) is 6.07 Å². The van der Waals surface area contributed by atoms with Gasteiger partial charge in [-0.3, -0.25) is 4.79 Å². The molecular formula is C11H19N3O.